The maximum absolute atomic E-state index is 11.2. The Morgan fingerprint density at radius 1 is 1.38 bits per heavy atom. The number of carbonyl (C=O) groups excluding carboxylic acids is 1. The van der Waals surface area contributed by atoms with Gasteiger partial charge in [0.15, 0.2) is 0 Å². The van der Waals surface area contributed by atoms with E-state index in [4.69, 9.17) is 4.74 Å². The number of benzene rings is 1. The number of carbonyl (C=O) groups is 1. The first kappa shape index (κ1) is 12.8. The smallest absolute Gasteiger partial charge is 0.310 e. The summed E-state index contributed by atoms with van der Waals surface area (Å²) in [6.45, 7) is 8.18. The van der Waals surface area contributed by atoms with Crippen molar-refractivity contribution in [2.24, 2.45) is 5.92 Å². The van der Waals surface area contributed by atoms with Crippen molar-refractivity contribution < 1.29 is 9.53 Å². The van der Waals surface area contributed by atoms with Gasteiger partial charge < -0.3 is 4.74 Å². The largest absolute Gasteiger partial charge is 0.426 e. The zero-order chi connectivity index (χ0) is 12.1. The van der Waals surface area contributed by atoms with Gasteiger partial charge in [-0.05, 0) is 36.5 Å². The second-order valence-electron chi connectivity index (χ2n) is 4.47. The number of rotatable bonds is 4. The first-order chi connectivity index (χ1) is 7.54. The average Bonchev–Trinajstić information content (AvgIpc) is 2.23. The minimum atomic E-state index is -0.176. The van der Waals surface area contributed by atoms with Crippen LogP contribution in [0.15, 0.2) is 18.2 Å². The fourth-order valence-corrected chi connectivity index (χ4v) is 1.63. The van der Waals surface area contributed by atoms with Crippen molar-refractivity contribution in [3.8, 4) is 5.75 Å². The summed E-state index contributed by atoms with van der Waals surface area (Å²) in [5, 5.41) is 0. The summed E-state index contributed by atoms with van der Waals surface area (Å²) in [5.74, 6) is 1.13. The van der Waals surface area contributed by atoms with Crippen molar-refractivity contribution in [3.05, 3.63) is 29.3 Å². The monoisotopic (exact) mass is 220 g/mol. The summed E-state index contributed by atoms with van der Waals surface area (Å²) < 4.78 is 5.28. The highest BCUT2D eigenvalue weighted by Gasteiger charge is 2.09. The highest BCUT2D eigenvalue weighted by atomic mass is 16.5. The van der Waals surface area contributed by atoms with E-state index >= 15 is 0 Å². The number of hydrogen-bond donors (Lipinski definition) is 0. The molecule has 0 amide bonds. The first-order valence-corrected chi connectivity index (χ1v) is 5.83. The Morgan fingerprint density at radius 3 is 2.62 bits per heavy atom. The van der Waals surface area contributed by atoms with Gasteiger partial charge in [0.25, 0.3) is 0 Å². The minimum absolute atomic E-state index is 0.176. The molecule has 0 fully saturated rings. The van der Waals surface area contributed by atoms with Crippen LogP contribution in [0.4, 0.5) is 0 Å². The molecule has 0 saturated carbocycles. The summed E-state index contributed by atoms with van der Waals surface area (Å²) in [6.07, 6.45) is 1.43. The molecule has 2 heteroatoms. The summed E-state index contributed by atoms with van der Waals surface area (Å²) >= 11 is 0. The molecule has 0 unspecified atom stereocenters. The van der Waals surface area contributed by atoms with E-state index in [2.05, 4.69) is 19.9 Å². The molecule has 0 radical (unpaired) electrons. The topological polar surface area (TPSA) is 26.3 Å². The molecule has 0 saturated heterocycles. The maximum Gasteiger partial charge on any atom is 0.310 e. The van der Waals surface area contributed by atoms with Crippen LogP contribution in [0.2, 0.25) is 0 Å². The number of hydrogen-bond acceptors (Lipinski definition) is 2. The zero-order valence-corrected chi connectivity index (χ0v) is 10.5. The van der Waals surface area contributed by atoms with Gasteiger partial charge in [0, 0.05) is 6.42 Å². The molecule has 1 rings (SSSR count). The highest BCUT2D eigenvalue weighted by Crippen LogP contribution is 2.23. The van der Waals surface area contributed by atoms with E-state index in [9.17, 15) is 4.79 Å². The Hall–Kier alpha value is -1.31. The van der Waals surface area contributed by atoms with Gasteiger partial charge in [0.1, 0.15) is 5.75 Å². The fraction of sp³-hybridized carbons (Fsp3) is 0.500. The summed E-state index contributed by atoms with van der Waals surface area (Å²) in [4.78, 5) is 11.2. The Labute approximate surface area is 97.6 Å². The molecule has 0 bridgehead atoms. The molecule has 0 aliphatic rings. The molecule has 0 aliphatic heterocycles. The van der Waals surface area contributed by atoms with Gasteiger partial charge >= 0.3 is 5.97 Å². The molecule has 0 aliphatic carbocycles. The lowest BCUT2D eigenvalue weighted by Gasteiger charge is -2.12. The number of esters is 1. The van der Waals surface area contributed by atoms with Crippen LogP contribution in [-0.2, 0) is 11.2 Å². The van der Waals surface area contributed by atoms with Crippen LogP contribution in [0.25, 0.3) is 0 Å². The second kappa shape index (κ2) is 5.69. The van der Waals surface area contributed by atoms with E-state index in [0.717, 1.165) is 12.0 Å². The number of ether oxygens (including phenoxy) is 1. The molecule has 2 nitrogen and oxygen atoms in total. The lowest BCUT2D eigenvalue weighted by atomic mass is 9.98. The van der Waals surface area contributed by atoms with E-state index in [1.807, 2.05) is 19.1 Å². The van der Waals surface area contributed by atoms with Gasteiger partial charge in [0.05, 0.1) is 0 Å². The predicted molar refractivity (Wildman–Crippen MR) is 65.6 cm³/mol. The molecular weight excluding hydrogens is 200 g/mol. The van der Waals surface area contributed by atoms with Gasteiger partial charge in [-0.3, -0.25) is 4.79 Å². The van der Waals surface area contributed by atoms with Crippen molar-refractivity contribution in [2.75, 3.05) is 0 Å². The summed E-state index contributed by atoms with van der Waals surface area (Å²) in [5.41, 5.74) is 2.34. The van der Waals surface area contributed by atoms with Crippen molar-refractivity contribution in [2.45, 2.75) is 40.5 Å². The fourth-order valence-electron chi connectivity index (χ4n) is 1.63. The van der Waals surface area contributed by atoms with Crippen molar-refractivity contribution >= 4 is 5.97 Å². The molecule has 0 atom stereocenters. The third-order valence-corrected chi connectivity index (χ3v) is 2.54. The Morgan fingerprint density at radius 2 is 2.06 bits per heavy atom. The third-order valence-electron chi connectivity index (χ3n) is 2.54. The van der Waals surface area contributed by atoms with Gasteiger partial charge in [0.2, 0.25) is 0 Å². The van der Waals surface area contributed by atoms with Crippen LogP contribution in [-0.4, -0.2) is 5.97 Å². The van der Waals surface area contributed by atoms with Crippen molar-refractivity contribution in [1.82, 2.24) is 0 Å². The molecule has 1 aromatic rings. The van der Waals surface area contributed by atoms with Crippen molar-refractivity contribution in [3.63, 3.8) is 0 Å². The van der Waals surface area contributed by atoms with Crippen LogP contribution >= 0.6 is 0 Å². The quantitative estimate of drug-likeness (QED) is 0.573. The van der Waals surface area contributed by atoms with Gasteiger partial charge in [-0.15, -0.1) is 0 Å². The molecule has 16 heavy (non-hydrogen) atoms. The normalized spacial score (nSPS) is 10.6. The average molecular weight is 220 g/mol. The minimum Gasteiger partial charge on any atom is -0.426 e. The SMILES string of the molecule is CCC(=O)Oc1cccc(CC(C)C)c1C. The Kier molecular flexibility index (Phi) is 4.53. The van der Waals surface area contributed by atoms with Gasteiger partial charge in [-0.25, -0.2) is 0 Å². The zero-order valence-electron chi connectivity index (χ0n) is 10.5. The van der Waals surface area contributed by atoms with Crippen LogP contribution in [0.5, 0.6) is 5.75 Å². The van der Waals surface area contributed by atoms with E-state index in [1.165, 1.54) is 5.56 Å². The lowest BCUT2D eigenvalue weighted by molar-refractivity contribution is -0.134. The first-order valence-electron chi connectivity index (χ1n) is 5.83. The molecule has 0 aromatic heterocycles. The molecule has 1 aromatic carbocycles. The van der Waals surface area contributed by atoms with Crippen LogP contribution in [0.1, 0.15) is 38.3 Å². The predicted octanol–water partition coefficient (Wildman–Crippen LogP) is 3.51. The van der Waals surface area contributed by atoms with Gasteiger partial charge in [-0.1, -0.05) is 32.9 Å². The van der Waals surface area contributed by atoms with E-state index in [0.29, 0.717) is 18.1 Å². The van der Waals surface area contributed by atoms with Crippen LogP contribution in [0, 0.1) is 12.8 Å². The van der Waals surface area contributed by atoms with E-state index < -0.39 is 0 Å². The molecule has 88 valence electrons. The molecule has 0 N–H and O–H groups in total. The van der Waals surface area contributed by atoms with E-state index in [-0.39, 0.29) is 5.97 Å². The van der Waals surface area contributed by atoms with Gasteiger partial charge in [-0.2, -0.15) is 0 Å². The second-order valence-corrected chi connectivity index (χ2v) is 4.47. The van der Waals surface area contributed by atoms with Crippen LogP contribution in [0.3, 0.4) is 0 Å². The lowest BCUT2D eigenvalue weighted by Crippen LogP contribution is -2.08. The standard InChI is InChI=1S/C14H20O2/c1-5-14(15)16-13-8-6-7-12(11(13)4)9-10(2)3/h6-8,10H,5,9H2,1-4H3. The summed E-state index contributed by atoms with van der Waals surface area (Å²) in [6, 6.07) is 5.90. The molecule has 0 heterocycles. The molecular formula is C14H20O2. The third kappa shape index (κ3) is 3.37. The highest BCUT2D eigenvalue weighted by molar-refractivity contribution is 5.72. The van der Waals surface area contributed by atoms with Crippen molar-refractivity contribution in [1.29, 1.82) is 0 Å². The van der Waals surface area contributed by atoms with Crippen LogP contribution < -0.4 is 4.74 Å². The summed E-state index contributed by atoms with van der Waals surface area (Å²) in [7, 11) is 0. The Balaban J connectivity index is 2.90. The maximum atomic E-state index is 11.2. The Bertz CT molecular complexity index is 367. The van der Waals surface area contributed by atoms with E-state index in [1.54, 1.807) is 6.92 Å². The molecule has 0 spiro atoms.